The first-order chi connectivity index (χ1) is 26.5. The highest BCUT2D eigenvalue weighted by atomic mass is 19.3. The zero-order chi connectivity index (χ0) is 42.7. The number of rotatable bonds is 4. The highest BCUT2D eigenvalue weighted by molar-refractivity contribution is 5.66. The molecule has 3 aliphatic carbocycles. The molecule has 7 aliphatic rings. The molecule has 4 saturated heterocycles. The van der Waals surface area contributed by atoms with Gasteiger partial charge in [-0.2, -0.15) is 0 Å². The van der Waals surface area contributed by atoms with Crippen LogP contribution in [0.15, 0.2) is 0 Å². The molecular weight excluding hydrogens is 718 g/mol. The molecule has 56 heavy (non-hydrogen) atoms. The van der Waals surface area contributed by atoms with Gasteiger partial charge in [-0.15, -0.1) is 0 Å². The Balaban J connectivity index is 0. The highest BCUT2D eigenvalue weighted by Gasteiger charge is 2.33. The van der Waals surface area contributed by atoms with E-state index in [1.807, 2.05) is 13.8 Å². The highest BCUT2D eigenvalue weighted by Crippen LogP contribution is 2.35. The predicted octanol–water partition coefficient (Wildman–Crippen LogP) is 12.0. The standard InChI is InChI=1S/C7H12F2.C6H12O2.C6H12O.C6H12.2C5H10O.C5H10.C3H6O2.C3H8O/c1-6-2-4-7(8,9)5-3-6;1-2-6-5-7-3-4-8-6;1-6-2-4-7-5-3-6;1-2-6-4-3-5-6;1-5(2)3-6-4-5;1-5-2-3-6-4-5;1-5-3-2-4-5;1-2-3(4)5;1-2-3-4/h6H,2-5H2,1H3;6H,2-5H2,1H3;6H,2-5H2,1H3;6H,2-5H2,1H3;3-4H2,1-2H3;5H,2-4H2,1H3;5H,2-4H2,1H3;2H2,1H3,(H,4,5);4H,2-3H2,1H3/t;6-;;;;5-;;;/m.1...1.../s1. The number of ether oxygens (including phenoxy) is 5. The second kappa shape index (κ2) is 37.1. The summed E-state index contributed by atoms with van der Waals surface area (Å²) in [5.74, 6) is 1.35. The predicted molar refractivity (Wildman–Crippen MR) is 228 cm³/mol. The van der Waals surface area contributed by atoms with Gasteiger partial charge in [-0.1, -0.05) is 114 Å². The summed E-state index contributed by atoms with van der Waals surface area (Å²) in [5.41, 5.74) is 0.500. The minimum atomic E-state index is -2.34. The largest absolute Gasteiger partial charge is 0.481 e. The topological polar surface area (TPSA) is 104 Å². The fourth-order valence-electron chi connectivity index (χ4n) is 5.45. The van der Waals surface area contributed by atoms with Crippen LogP contribution in [0.2, 0.25) is 0 Å². The minimum absolute atomic E-state index is 0.105. The quantitative estimate of drug-likeness (QED) is 0.289. The number of aliphatic hydroxyl groups is 1. The molecule has 0 amide bonds. The summed E-state index contributed by atoms with van der Waals surface area (Å²) >= 11 is 0. The van der Waals surface area contributed by atoms with Gasteiger partial charge >= 0.3 is 5.97 Å². The van der Waals surface area contributed by atoms with E-state index in [0.717, 1.165) is 96.0 Å². The summed E-state index contributed by atoms with van der Waals surface area (Å²) in [7, 11) is 0. The van der Waals surface area contributed by atoms with Crippen molar-refractivity contribution in [1.29, 1.82) is 0 Å². The van der Waals surface area contributed by atoms with Crippen molar-refractivity contribution in [3.8, 4) is 0 Å². The van der Waals surface area contributed by atoms with Gasteiger partial charge in [-0.3, -0.25) is 4.79 Å². The van der Waals surface area contributed by atoms with Gasteiger partial charge in [0.15, 0.2) is 0 Å². The van der Waals surface area contributed by atoms with Gasteiger partial charge in [0.05, 0.1) is 39.1 Å². The summed E-state index contributed by atoms with van der Waals surface area (Å²) in [6, 6.07) is 0. The third-order valence-electron chi connectivity index (χ3n) is 10.7. The van der Waals surface area contributed by atoms with E-state index in [-0.39, 0.29) is 19.3 Å². The van der Waals surface area contributed by atoms with Crippen LogP contribution in [0.3, 0.4) is 0 Å². The zero-order valence-corrected chi connectivity index (χ0v) is 38.2. The van der Waals surface area contributed by atoms with Crippen LogP contribution in [0.1, 0.15) is 178 Å². The van der Waals surface area contributed by atoms with Gasteiger partial charge in [0.25, 0.3) is 0 Å². The van der Waals surface area contributed by atoms with Crippen molar-refractivity contribution in [2.45, 2.75) is 190 Å². The van der Waals surface area contributed by atoms with E-state index < -0.39 is 11.9 Å². The molecule has 10 heteroatoms. The van der Waals surface area contributed by atoms with Crippen molar-refractivity contribution in [3.63, 3.8) is 0 Å². The lowest BCUT2D eigenvalue weighted by atomic mass is 9.84. The fraction of sp³-hybridized carbons (Fsp3) is 0.978. The third kappa shape index (κ3) is 38.6. The number of carboxylic acid groups (broad SMARTS) is 1. The Morgan fingerprint density at radius 3 is 1.23 bits per heavy atom. The number of hydrogen-bond donors (Lipinski definition) is 2. The molecular formula is C46H92F2O8. The second-order valence-corrected chi connectivity index (χ2v) is 17.6. The van der Waals surface area contributed by atoms with Crippen molar-refractivity contribution in [2.75, 3.05) is 66.1 Å². The number of carbonyl (C=O) groups is 1. The van der Waals surface area contributed by atoms with Crippen molar-refractivity contribution >= 4 is 5.97 Å². The minimum Gasteiger partial charge on any atom is -0.481 e. The number of aliphatic hydroxyl groups excluding tert-OH is 1. The van der Waals surface area contributed by atoms with Crippen LogP contribution in [0.5, 0.6) is 0 Å². The molecule has 0 aromatic carbocycles. The molecule has 7 rings (SSSR count). The summed E-state index contributed by atoms with van der Waals surface area (Å²) in [5, 5.41) is 15.6. The Labute approximate surface area is 344 Å². The third-order valence-corrected chi connectivity index (χ3v) is 10.7. The SMILES string of the molecule is CC1(C)COC1.CC1CCC(F)(F)CC1.CC1CCC1.CC1CCOCC1.CCC(=O)O.CCC1CCC1.CCCO.CC[C@@H]1COCCO1.C[C@@H]1CCOC1. The lowest BCUT2D eigenvalue weighted by Gasteiger charge is -2.33. The summed E-state index contributed by atoms with van der Waals surface area (Å²) in [6.07, 6.45) is 18.3. The lowest BCUT2D eigenvalue weighted by Crippen LogP contribution is -2.36. The van der Waals surface area contributed by atoms with Crippen LogP contribution in [-0.4, -0.2) is 94.3 Å². The molecule has 4 aliphatic heterocycles. The number of carboxylic acids is 1. The van der Waals surface area contributed by atoms with Crippen LogP contribution in [0, 0.1) is 35.0 Å². The zero-order valence-electron chi connectivity index (χ0n) is 38.2. The molecule has 0 radical (unpaired) electrons. The van der Waals surface area contributed by atoms with Crippen LogP contribution in [-0.2, 0) is 28.5 Å². The Morgan fingerprint density at radius 2 is 1.07 bits per heavy atom. The summed E-state index contributed by atoms with van der Waals surface area (Å²) in [4.78, 5) is 9.37. The van der Waals surface area contributed by atoms with Gasteiger partial charge in [0, 0.05) is 57.7 Å². The van der Waals surface area contributed by atoms with E-state index in [9.17, 15) is 13.6 Å². The molecule has 338 valence electrons. The second-order valence-electron chi connectivity index (χ2n) is 17.6. The van der Waals surface area contributed by atoms with E-state index in [4.69, 9.17) is 33.9 Å². The lowest BCUT2D eigenvalue weighted by molar-refractivity contribution is -0.136. The van der Waals surface area contributed by atoms with Gasteiger partial charge in [0.2, 0.25) is 5.92 Å². The van der Waals surface area contributed by atoms with Crippen molar-refractivity contribution in [2.24, 2.45) is 35.0 Å². The van der Waals surface area contributed by atoms with Gasteiger partial charge < -0.3 is 33.9 Å². The molecule has 0 aromatic heterocycles. The normalized spacial score (nSPS) is 24.9. The van der Waals surface area contributed by atoms with Gasteiger partial charge in [-0.05, 0) is 74.5 Å². The molecule has 0 spiro atoms. The van der Waals surface area contributed by atoms with Gasteiger partial charge in [-0.25, -0.2) is 8.78 Å². The maximum Gasteiger partial charge on any atom is 0.303 e. The Bertz CT molecular complexity index is 814. The number of halogens is 2. The smallest absolute Gasteiger partial charge is 0.303 e. The van der Waals surface area contributed by atoms with E-state index in [1.54, 1.807) is 6.92 Å². The van der Waals surface area contributed by atoms with Crippen LogP contribution >= 0.6 is 0 Å². The van der Waals surface area contributed by atoms with Crippen molar-refractivity contribution in [3.05, 3.63) is 0 Å². The van der Waals surface area contributed by atoms with Crippen LogP contribution in [0.25, 0.3) is 0 Å². The Hall–Kier alpha value is -0.910. The summed E-state index contributed by atoms with van der Waals surface area (Å²) in [6.45, 7) is 29.7. The van der Waals surface area contributed by atoms with E-state index in [0.29, 0.717) is 36.9 Å². The molecule has 4 heterocycles. The molecule has 3 saturated carbocycles. The number of hydrogen-bond acceptors (Lipinski definition) is 7. The molecule has 7 fully saturated rings. The maximum atomic E-state index is 12.4. The first kappa shape index (κ1) is 57.2. The molecule has 2 N–H and O–H groups in total. The van der Waals surface area contributed by atoms with Gasteiger partial charge in [0.1, 0.15) is 0 Å². The monoisotopic (exact) mass is 811 g/mol. The Kier molecular flexibility index (Phi) is 37.9. The average molecular weight is 811 g/mol. The fourth-order valence-corrected chi connectivity index (χ4v) is 5.45. The molecule has 0 bridgehead atoms. The Morgan fingerprint density at radius 1 is 0.625 bits per heavy atom. The molecule has 0 aromatic rings. The first-order valence-corrected chi connectivity index (χ1v) is 22.7. The maximum absolute atomic E-state index is 12.4. The van der Waals surface area contributed by atoms with Crippen LogP contribution in [0.4, 0.5) is 8.78 Å². The van der Waals surface area contributed by atoms with E-state index >= 15 is 0 Å². The summed E-state index contributed by atoms with van der Waals surface area (Å²) < 4.78 is 50.3. The van der Waals surface area contributed by atoms with Crippen LogP contribution < -0.4 is 0 Å². The van der Waals surface area contributed by atoms with Crippen molar-refractivity contribution < 1.29 is 47.5 Å². The average Bonchev–Trinajstić information content (AvgIpc) is 3.64. The van der Waals surface area contributed by atoms with Crippen molar-refractivity contribution in [1.82, 2.24) is 0 Å². The molecule has 2 atom stereocenters. The molecule has 0 unspecified atom stereocenters. The number of alkyl halides is 2. The number of aliphatic carboxylic acids is 1. The van der Waals surface area contributed by atoms with E-state index in [2.05, 4.69) is 48.5 Å². The first-order valence-electron chi connectivity index (χ1n) is 22.7. The molecule has 8 nitrogen and oxygen atoms in total. The van der Waals surface area contributed by atoms with E-state index in [1.165, 1.54) is 64.2 Å².